The number of esters is 3. The van der Waals surface area contributed by atoms with Gasteiger partial charge in [-0.25, -0.2) is 0 Å². The molecule has 0 aliphatic rings. The van der Waals surface area contributed by atoms with Gasteiger partial charge in [-0.05, 0) is 70.6 Å². The van der Waals surface area contributed by atoms with Crippen molar-refractivity contribution in [3.8, 4) is 0 Å². The third kappa shape index (κ3) is 64.5. The highest BCUT2D eigenvalue weighted by Gasteiger charge is 2.19. The van der Waals surface area contributed by atoms with Gasteiger partial charge in [0.1, 0.15) is 13.2 Å². The van der Waals surface area contributed by atoms with Crippen LogP contribution in [0.3, 0.4) is 0 Å². The van der Waals surface area contributed by atoms with Crippen LogP contribution in [-0.2, 0) is 28.6 Å². The zero-order chi connectivity index (χ0) is 56.4. The minimum absolute atomic E-state index is 0.0709. The molecule has 0 radical (unpaired) electrons. The lowest BCUT2D eigenvalue weighted by Gasteiger charge is -2.18. The van der Waals surface area contributed by atoms with Crippen LogP contribution in [0.2, 0.25) is 0 Å². The number of unbranched alkanes of at least 4 members (excludes halogenated alkanes) is 48. The number of carbonyl (C=O) groups excluding carboxylic acids is 3. The first-order valence-electron chi connectivity index (χ1n) is 35.0. The molecule has 0 aromatic heterocycles. The number of carbonyl (C=O) groups is 3. The first kappa shape index (κ1) is 75.6. The Hall–Kier alpha value is -2.37. The molecule has 6 heteroatoms. The molecule has 0 heterocycles. The Morgan fingerprint density at radius 3 is 0.756 bits per heavy atom. The highest BCUT2D eigenvalue weighted by Crippen LogP contribution is 2.18. The maximum absolute atomic E-state index is 12.9. The number of allylic oxidation sites excluding steroid dienone is 6. The van der Waals surface area contributed by atoms with Gasteiger partial charge in [0.2, 0.25) is 0 Å². The van der Waals surface area contributed by atoms with Crippen molar-refractivity contribution < 1.29 is 28.6 Å². The Balaban J connectivity index is 4.18. The molecule has 0 rings (SSSR count). The van der Waals surface area contributed by atoms with Gasteiger partial charge in [-0.15, -0.1) is 0 Å². The van der Waals surface area contributed by atoms with E-state index in [1.54, 1.807) is 0 Å². The second-order valence-corrected chi connectivity index (χ2v) is 23.8. The number of ether oxygens (including phenoxy) is 3. The van der Waals surface area contributed by atoms with Crippen LogP contribution in [0.25, 0.3) is 0 Å². The van der Waals surface area contributed by atoms with Gasteiger partial charge in [0.05, 0.1) is 0 Å². The number of rotatable bonds is 65. The van der Waals surface area contributed by atoms with Gasteiger partial charge < -0.3 is 14.2 Å². The van der Waals surface area contributed by atoms with Gasteiger partial charge in [-0.3, -0.25) is 14.4 Å². The van der Waals surface area contributed by atoms with Crippen LogP contribution in [0.1, 0.15) is 387 Å². The second kappa shape index (κ2) is 67.1. The summed E-state index contributed by atoms with van der Waals surface area (Å²) in [6.07, 6.45) is 83.2. The Labute approximate surface area is 486 Å². The predicted octanol–water partition coefficient (Wildman–Crippen LogP) is 23.9. The maximum atomic E-state index is 12.9. The SMILES string of the molecule is CCCC/C=C\CCCCCCCC(=O)OCC(COC(=O)CCCCCCCCCCCCCCCCCCCCCCCCCCCC)OC(=O)CCCCCCCCCCCCC/C=C\C/C=C\CCCCCCC. The van der Waals surface area contributed by atoms with E-state index in [1.807, 2.05) is 0 Å². The van der Waals surface area contributed by atoms with Crippen molar-refractivity contribution in [2.24, 2.45) is 0 Å². The Bertz CT molecular complexity index is 1300. The van der Waals surface area contributed by atoms with Crippen molar-refractivity contribution in [3.63, 3.8) is 0 Å². The average Bonchev–Trinajstić information content (AvgIpc) is 3.44. The maximum Gasteiger partial charge on any atom is 0.306 e. The first-order valence-corrected chi connectivity index (χ1v) is 35.0. The Morgan fingerprint density at radius 1 is 0.256 bits per heavy atom. The average molecular weight is 1100 g/mol. The molecule has 0 aliphatic heterocycles. The molecule has 78 heavy (non-hydrogen) atoms. The summed E-state index contributed by atoms with van der Waals surface area (Å²) in [4.78, 5) is 38.3. The van der Waals surface area contributed by atoms with E-state index in [1.165, 1.54) is 276 Å². The molecular formula is C72H134O6. The molecule has 458 valence electrons. The van der Waals surface area contributed by atoms with Crippen LogP contribution in [-0.4, -0.2) is 37.2 Å². The van der Waals surface area contributed by atoms with Gasteiger partial charge in [0, 0.05) is 19.3 Å². The summed E-state index contributed by atoms with van der Waals surface area (Å²) in [5, 5.41) is 0. The summed E-state index contributed by atoms with van der Waals surface area (Å²) in [7, 11) is 0. The van der Waals surface area contributed by atoms with E-state index in [4.69, 9.17) is 14.2 Å². The van der Waals surface area contributed by atoms with E-state index >= 15 is 0 Å². The monoisotopic (exact) mass is 1100 g/mol. The van der Waals surface area contributed by atoms with E-state index in [-0.39, 0.29) is 31.1 Å². The highest BCUT2D eigenvalue weighted by atomic mass is 16.6. The fourth-order valence-electron chi connectivity index (χ4n) is 10.6. The van der Waals surface area contributed by atoms with Crippen LogP contribution < -0.4 is 0 Å². The first-order chi connectivity index (χ1) is 38.5. The van der Waals surface area contributed by atoms with Gasteiger partial charge in [0.15, 0.2) is 6.10 Å². The minimum Gasteiger partial charge on any atom is -0.462 e. The van der Waals surface area contributed by atoms with Crippen molar-refractivity contribution in [2.45, 2.75) is 393 Å². The molecule has 0 saturated heterocycles. The lowest BCUT2D eigenvalue weighted by Crippen LogP contribution is -2.30. The highest BCUT2D eigenvalue weighted by molar-refractivity contribution is 5.71. The molecule has 0 fully saturated rings. The molecule has 0 saturated carbocycles. The molecule has 0 amide bonds. The van der Waals surface area contributed by atoms with Crippen molar-refractivity contribution in [1.29, 1.82) is 0 Å². The molecule has 1 atom stereocenters. The molecule has 0 aromatic carbocycles. The lowest BCUT2D eigenvalue weighted by atomic mass is 10.0. The standard InChI is InChI=1S/C72H134O6/c1-4-7-10-13-16-19-22-24-26-28-30-32-34-35-36-38-39-41-43-45-47-50-53-56-59-62-65-71(74)77-68-69(67-76-70(73)64-61-58-55-52-49-21-18-15-12-9-6-3)78-72(75)66-63-60-57-54-51-48-46-44-42-40-37-33-31-29-27-25-23-20-17-14-11-8-5-2/h15,18,23,25,29,31,69H,4-14,16-17,19-22,24,26-28,30,32-68H2,1-3H3/b18-15-,25-23-,31-29-. The third-order valence-corrected chi connectivity index (χ3v) is 15.9. The molecule has 0 spiro atoms. The van der Waals surface area contributed by atoms with Crippen LogP contribution in [0.4, 0.5) is 0 Å². The molecule has 0 N–H and O–H groups in total. The molecule has 0 aromatic rings. The van der Waals surface area contributed by atoms with E-state index in [0.717, 1.165) is 70.6 Å². The number of hydrogen-bond acceptors (Lipinski definition) is 6. The summed E-state index contributed by atoms with van der Waals surface area (Å²) in [6, 6.07) is 0. The fraction of sp³-hybridized carbons (Fsp3) is 0.875. The lowest BCUT2D eigenvalue weighted by molar-refractivity contribution is -0.167. The number of hydrogen-bond donors (Lipinski definition) is 0. The quantitative estimate of drug-likeness (QED) is 0.0261. The largest absolute Gasteiger partial charge is 0.462 e. The molecule has 0 bridgehead atoms. The predicted molar refractivity (Wildman–Crippen MR) is 339 cm³/mol. The van der Waals surface area contributed by atoms with E-state index < -0.39 is 6.10 Å². The van der Waals surface area contributed by atoms with E-state index in [2.05, 4.69) is 57.2 Å². The molecule has 0 aliphatic carbocycles. The molecular weight excluding hydrogens is 961 g/mol. The zero-order valence-electron chi connectivity index (χ0n) is 52.7. The molecule has 1 unspecified atom stereocenters. The zero-order valence-corrected chi connectivity index (χ0v) is 52.7. The van der Waals surface area contributed by atoms with E-state index in [9.17, 15) is 14.4 Å². The van der Waals surface area contributed by atoms with Crippen LogP contribution >= 0.6 is 0 Å². The van der Waals surface area contributed by atoms with Crippen LogP contribution in [0.15, 0.2) is 36.5 Å². The summed E-state index contributed by atoms with van der Waals surface area (Å²) >= 11 is 0. The minimum atomic E-state index is -0.775. The van der Waals surface area contributed by atoms with Crippen molar-refractivity contribution in [2.75, 3.05) is 13.2 Å². The van der Waals surface area contributed by atoms with Crippen molar-refractivity contribution in [3.05, 3.63) is 36.5 Å². The Kier molecular flexibility index (Phi) is 65.1. The third-order valence-electron chi connectivity index (χ3n) is 15.9. The van der Waals surface area contributed by atoms with Gasteiger partial charge in [-0.2, -0.15) is 0 Å². The molecule has 6 nitrogen and oxygen atoms in total. The van der Waals surface area contributed by atoms with Crippen molar-refractivity contribution in [1.82, 2.24) is 0 Å². The van der Waals surface area contributed by atoms with Gasteiger partial charge >= 0.3 is 17.9 Å². The van der Waals surface area contributed by atoms with Gasteiger partial charge in [-0.1, -0.05) is 333 Å². The second-order valence-electron chi connectivity index (χ2n) is 23.8. The summed E-state index contributed by atoms with van der Waals surface area (Å²) in [5.41, 5.74) is 0. The summed E-state index contributed by atoms with van der Waals surface area (Å²) < 4.78 is 17.0. The van der Waals surface area contributed by atoms with E-state index in [0.29, 0.717) is 19.3 Å². The van der Waals surface area contributed by atoms with Crippen LogP contribution in [0.5, 0.6) is 0 Å². The van der Waals surface area contributed by atoms with Crippen LogP contribution in [0, 0.1) is 0 Å². The fourth-order valence-corrected chi connectivity index (χ4v) is 10.6. The van der Waals surface area contributed by atoms with Gasteiger partial charge in [0.25, 0.3) is 0 Å². The van der Waals surface area contributed by atoms with Crippen molar-refractivity contribution >= 4 is 17.9 Å². The topological polar surface area (TPSA) is 78.9 Å². The normalized spacial score (nSPS) is 12.2. The summed E-state index contributed by atoms with van der Waals surface area (Å²) in [6.45, 7) is 6.65. The Morgan fingerprint density at radius 2 is 0.474 bits per heavy atom. The summed E-state index contributed by atoms with van der Waals surface area (Å²) in [5.74, 6) is -0.857. The smallest absolute Gasteiger partial charge is 0.306 e.